The number of hydrogen-bond donors (Lipinski definition) is 2. The second-order valence-electron chi connectivity index (χ2n) is 6.20. The molecule has 1 aromatic heterocycles. The van der Waals surface area contributed by atoms with Crippen molar-refractivity contribution in [2.24, 2.45) is 5.92 Å². The Labute approximate surface area is 141 Å². The van der Waals surface area contributed by atoms with Crippen molar-refractivity contribution in [3.63, 3.8) is 0 Å². The van der Waals surface area contributed by atoms with Gasteiger partial charge in [0.2, 0.25) is 0 Å². The standard InChI is InChI=1S/C20H19NO3/c22-19(23)17-10-12-20(24,11-9-16-8-4-5-13-21-16)14-18(17)15-6-2-1-3-7-15/h1-8,13,17-18,24H,10,12,14H2,(H,22,23)/t17-,18+,20?/m1/s1. The van der Waals surface area contributed by atoms with E-state index in [-0.39, 0.29) is 5.92 Å². The van der Waals surface area contributed by atoms with Crippen molar-refractivity contribution in [3.05, 3.63) is 66.0 Å². The number of carboxylic acids is 1. The second-order valence-corrected chi connectivity index (χ2v) is 6.20. The van der Waals surface area contributed by atoms with E-state index >= 15 is 0 Å². The first-order valence-corrected chi connectivity index (χ1v) is 8.02. The summed E-state index contributed by atoms with van der Waals surface area (Å²) >= 11 is 0. The molecule has 3 atom stereocenters. The molecular weight excluding hydrogens is 302 g/mol. The van der Waals surface area contributed by atoms with E-state index in [1.807, 2.05) is 42.5 Å². The first kappa shape index (κ1) is 16.2. The Morgan fingerprint density at radius 2 is 1.92 bits per heavy atom. The Morgan fingerprint density at radius 3 is 2.58 bits per heavy atom. The van der Waals surface area contributed by atoms with Crippen LogP contribution < -0.4 is 0 Å². The molecule has 1 heterocycles. The van der Waals surface area contributed by atoms with Gasteiger partial charge in [-0.15, -0.1) is 0 Å². The molecule has 0 amide bonds. The average molecular weight is 321 g/mol. The molecule has 2 N–H and O–H groups in total. The maximum Gasteiger partial charge on any atom is 0.307 e. The number of benzene rings is 1. The Kier molecular flexibility index (Phi) is 4.64. The number of carboxylic acid groups (broad SMARTS) is 1. The van der Waals surface area contributed by atoms with Crippen LogP contribution in [0.25, 0.3) is 0 Å². The average Bonchev–Trinajstić information content (AvgIpc) is 2.61. The quantitative estimate of drug-likeness (QED) is 0.835. The molecule has 0 bridgehead atoms. The van der Waals surface area contributed by atoms with E-state index in [0.29, 0.717) is 25.0 Å². The molecule has 1 unspecified atom stereocenters. The lowest BCUT2D eigenvalue weighted by Gasteiger charge is -2.37. The summed E-state index contributed by atoms with van der Waals surface area (Å²) in [5.41, 5.74) is 0.342. The van der Waals surface area contributed by atoms with Crippen LogP contribution in [0.2, 0.25) is 0 Å². The minimum atomic E-state index is -1.19. The van der Waals surface area contributed by atoms with Crippen molar-refractivity contribution in [2.75, 3.05) is 0 Å². The van der Waals surface area contributed by atoms with Crippen LogP contribution in [0.15, 0.2) is 54.7 Å². The smallest absolute Gasteiger partial charge is 0.307 e. The van der Waals surface area contributed by atoms with Gasteiger partial charge in [-0.2, -0.15) is 0 Å². The van der Waals surface area contributed by atoms with E-state index in [2.05, 4.69) is 16.8 Å². The maximum atomic E-state index is 11.6. The number of aliphatic carboxylic acids is 1. The third-order valence-corrected chi connectivity index (χ3v) is 4.55. The van der Waals surface area contributed by atoms with Gasteiger partial charge in [-0.05, 0) is 42.9 Å². The zero-order valence-corrected chi connectivity index (χ0v) is 13.2. The summed E-state index contributed by atoms with van der Waals surface area (Å²) in [7, 11) is 0. The summed E-state index contributed by atoms with van der Waals surface area (Å²) in [5, 5.41) is 20.4. The fraction of sp³-hybridized carbons (Fsp3) is 0.300. The molecule has 1 aromatic carbocycles. The van der Waals surface area contributed by atoms with E-state index < -0.39 is 17.5 Å². The van der Waals surface area contributed by atoms with Crippen molar-refractivity contribution in [3.8, 4) is 11.8 Å². The molecule has 4 nitrogen and oxygen atoms in total. The Hall–Kier alpha value is -2.64. The minimum absolute atomic E-state index is 0.250. The highest BCUT2D eigenvalue weighted by Crippen LogP contribution is 2.42. The molecule has 1 aliphatic rings. The van der Waals surface area contributed by atoms with E-state index in [9.17, 15) is 15.0 Å². The Bertz CT molecular complexity index is 764. The lowest BCUT2D eigenvalue weighted by atomic mass is 9.69. The van der Waals surface area contributed by atoms with Gasteiger partial charge in [-0.3, -0.25) is 4.79 Å². The van der Waals surface area contributed by atoms with Crippen LogP contribution in [0, 0.1) is 17.8 Å². The van der Waals surface area contributed by atoms with Crippen molar-refractivity contribution < 1.29 is 15.0 Å². The van der Waals surface area contributed by atoms with Gasteiger partial charge < -0.3 is 10.2 Å². The zero-order chi connectivity index (χ0) is 17.0. The summed E-state index contributed by atoms with van der Waals surface area (Å²) in [4.78, 5) is 15.7. The number of pyridine rings is 1. The fourth-order valence-corrected chi connectivity index (χ4v) is 3.28. The fourth-order valence-electron chi connectivity index (χ4n) is 3.28. The predicted octanol–water partition coefficient (Wildman–Crippen LogP) is 2.83. The van der Waals surface area contributed by atoms with E-state index in [4.69, 9.17) is 0 Å². The predicted molar refractivity (Wildman–Crippen MR) is 90.2 cm³/mol. The first-order chi connectivity index (χ1) is 11.6. The summed E-state index contributed by atoms with van der Waals surface area (Å²) in [5.74, 6) is 4.27. The number of nitrogens with zero attached hydrogens (tertiary/aromatic N) is 1. The molecular formula is C20H19NO3. The van der Waals surface area contributed by atoms with Gasteiger partial charge in [0, 0.05) is 12.1 Å². The number of aromatic nitrogens is 1. The third-order valence-electron chi connectivity index (χ3n) is 4.55. The minimum Gasteiger partial charge on any atom is -0.481 e. The summed E-state index contributed by atoms with van der Waals surface area (Å²) < 4.78 is 0. The number of rotatable bonds is 2. The molecule has 24 heavy (non-hydrogen) atoms. The largest absolute Gasteiger partial charge is 0.481 e. The van der Waals surface area contributed by atoms with Gasteiger partial charge in [0.15, 0.2) is 0 Å². The third kappa shape index (κ3) is 3.64. The zero-order valence-electron chi connectivity index (χ0n) is 13.2. The summed E-state index contributed by atoms with van der Waals surface area (Å²) in [6.45, 7) is 0. The molecule has 4 heteroatoms. The van der Waals surface area contributed by atoms with Crippen molar-refractivity contribution in [1.29, 1.82) is 0 Å². The van der Waals surface area contributed by atoms with Gasteiger partial charge in [0.1, 0.15) is 11.3 Å². The van der Waals surface area contributed by atoms with E-state index in [1.165, 1.54) is 0 Å². The highest BCUT2D eigenvalue weighted by Gasteiger charge is 2.42. The monoisotopic (exact) mass is 321 g/mol. The van der Waals surface area contributed by atoms with Crippen LogP contribution in [0.4, 0.5) is 0 Å². The van der Waals surface area contributed by atoms with Crippen LogP contribution in [0.5, 0.6) is 0 Å². The maximum absolute atomic E-state index is 11.6. The molecule has 0 spiro atoms. The topological polar surface area (TPSA) is 70.4 Å². The number of carbonyl (C=O) groups is 1. The van der Waals surface area contributed by atoms with Gasteiger partial charge in [-0.25, -0.2) is 4.98 Å². The van der Waals surface area contributed by atoms with Crippen molar-refractivity contribution >= 4 is 5.97 Å². The highest BCUT2D eigenvalue weighted by atomic mass is 16.4. The highest BCUT2D eigenvalue weighted by molar-refractivity contribution is 5.71. The van der Waals surface area contributed by atoms with Gasteiger partial charge in [0.05, 0.1) is 5.92 Å². The molecule has 1 saturated carbocycles. The van der Waals surface area contributed by atoms with Crippen LogP contribution in [0.1, 0.15) is 36.4 Å². The lowest BCUT2D eigenvalue weighted by molar-refractivity contribution is -0.145. The number of hydrogen-bond acceptors (Lipinski definition) is 3. The van der Waals surface area contributed by atoms with Gasteiger partial charge >= 0.3 is 5.97 Å². The van der Waals surface area contributed by atoms with Crippen molar-refractivity contribution in [2.45, 2.75) is 30.8 Å². The molecule has 1 aliphatic carbocycles. The molecule has 0 aliphatic heterocycles. The van der Waals surface area contributed by atoms with Gasteiger partial charge in [-0.1, -0.05) is 42.3 Å². The van der Waals surface area contributed by atoms with Crippen LogP contribution in [-0.2, 0) is 4.79 Å². The normalized spacial score (nSPS) is 26.2. The van der Waals surface area contributed by atoms with Crippen LogP contribution in [-0.4, -0.2) is 26.8 Å². The molecule has 0 saturated heterocycles. The Balaban J connectivity index is 1.87. The van der Waals surface area contributed by atoms with Crippen molar-refractivity contribution in [1.82, 2.24) is 4.98 Å². The first-order valence-electron chi connectivity index (χ1n) is 8.02. The van der Waals surface area contributed by atoms with Crippen LogP contribution in [0.3, 0.4) is 0 Å². The summed E-state index contributed by atoms with van der Waals surface area (Å²) in [6.07, 6.45) is 2.73. The van der Waals surface area contributed by atoms with E-state index in [1.54, 1.807) is 12.3 Å². The molecule has 1 fully saturated rings. The van der Waals surface area contributed by atoms with Crippen LogP contribution >= 0.6 is 0 Å². The van der Waals surface area contributed by atoms with Gasteiger partial charge in [0.25, 0.3) is 0 Å². The SMILES string of the molecule is O=C(O)[C@@H]1CCC(O)(C#Cc2ccccn2)C[C@H]1c1ccccc1. The van der Waals surface area contributed by atoms with E-state index in [0.717, 1.165) is 5.56 Å². The lowest BCUT2D eigenvalue weighted by Crippen LogP contribution is -2.39. The molecule has 122 valence electrons. The molecule has 3 rings (SSSR count). The second kappa shape index (κ2) is 6.86. The summed E-state index contributed by atoms with van der Waals surface area (Å²) in [6, 6.07) is 14.9. The number of aliphatic hydroxyl groups is 1. The molecule has 0 radical (unpaired) electrons. The Morgan fingerprint density at radius 1 is 1.17 bits per heavy atom. The molecule has 2 aromatic rings.